The summed E-state index contributed by atoms with van der Waals surface area (Å²) in [6.45, 7) is 4.72. The van der Waals surface area contributed by atoms with Gasteiger partial charge in [-0.15, -0.1) is 0 Å². The smallest absolute Gasteiger partial charge is 0.291 e. The minimum Gasteiger partial charge on any atom is -0.438 e. The Morgan fingerprint density at radius 1 is 1.23 bits per heavy atom. The second-order valence-corrected chi connectivity index (χ2v) is 8.38. The van der Waals surface area contributed by atoms with E-state index in [0.29, 0.717) is 30.5 Å². The largest absolute Gasteiger partial charge is 0.438 e. The number of nitrogens with zero attached hydrogens (tertiary/aromatic N) is 3. The number of hydrogen-bond acceptors (Lipinski definition) is 4. The van der Waals surface area contributed by atoms with E-state index in [1.807, 2.05) is 0 Å². The van der Waals surface area contributed by atoms with Gasteiger partial charge >= 0.3 is 0 Å². The maximum atomic E-state index is 13.3. The van der Waals surface area contributed by atoms with Gasteiger partial charge < -0.3 is 14.2 Å². The topological polar surface area (TPSA) is 66.7 Å². The van der Waals surface area contributed by atoms with Crippen LogP contribution >= 0.6 is 0 Å². The molecule has 26 heavy (non-hydrogen) atoms. The Labute approximate surface area is 154 Å². The number of hydrogen-bond donors (Lipinski definition) is 0. The number of aromatic nitrogens is 1. The Morgan fingerprint density at radius 3 is 2.77 bits per heavy atom. The van der Waals surface area contributed by atoms with Gasteiger partial charge in [0.15, 0.2) is 6.39 Å². The molecule has 1 aliphatic carbocycles. The normalized spacial score (nSPS) is 27.5. The molecule has 3 heterocycles. The SMILES string of the molecule is Cc1ncoc1C(=O)N1CCC2(CCCN(CC3CCCCC3)C2=O)C1. The molecule has 0 N–H and O–H groups in total. The first-order valence-corrected chi connectivity index (χ1v) is 10.1. The summed E-state index contributed by atoms with van der Waals surface area (Å²) in [6.07, 6.45) is 10.5. The summed E-state index contributed by atoms with van der Waals surface area (Å²) < 4.78 is 5.27. The lowest BCUT2D eigenvalue weighted by atomic mass is 9.77. The predicted octanol–water partition coefficient (Wildman–Crippen LogP) is 3.02. The van der Waals surface area contributed by atoms with Gasteiger partial charge in [-0.1, -0.05) is 19.3 Å². The summed E-state index contributed by atoms with van der Waals surface area (Å²) in [4.78, 5) is 33.9. The van der Waals surface area contributed by atoms with Crippen molar-refractivity contribution < 1.29 is 14.0 Å². The first kappa shape index (κ1) is 17.6. The molecule has 0 radical (unpaired) electrons. The zero-order valence-electron chi connectivity index (χ0n) is 15.7. The van der Waals surface area contributed by atoms with Crippen LogP contribution in [0, 0.1) is 18.3 Å². The molecule has 6 heteroatoms. The van der Waals surface area contributed by atoms with Crippen molar-refractivity contribution in [2.75, 3.05) is 26.2 Å². The zero-order chi connectivity index (χ0) is 18.1. The first-order valence-electron chi connectivity index (χ1n) is 10.1. The highest BCUT2D eigenvalue weighted by Gasteiger charge is 2.50. The summed E-state index contributed by atoms with van der Waals surface area (Å²) in [7, 11) is 0. The summed E-state index contributed by atoms with van der Waals surface area (Å²) in [5.41, 5.74) is 0.237. The molecule has 0 aromatic carbocycles. The average Bonchev–Trinajstić information content (AvgIpc) is 3.27. The molecule has 1 aromatic heterocycles. The summed E-state index contributed by atoms with van der Waals surface area (Å²) >= 11 is 0. The molecule has 6 nitrogen and oxygen atoms in total. The molecule has 142 valence electrons. The van der Waals surface area contributed by atoms with Gasteiger partial charge in [0.1, 0.15) is 0 Å². The van der Waals surface area contributed by atoms with E-state index in [2.05, 4.69) is 9.88 Å². The van der Waals surface area contributed by atoms with Crippen LogP contribution in [0.3, 0.4) is 0 Å². The number of carbonyl (C=O) groups excluding carboxylic acids is 2. The Morgan fingerprint density at radius 2 is 2.04 bits per heavy atom. The van der Waals surface area contributed by atoms with Gasteiger partial charge in [0, 0.05) is 26.2 Å². The van der Waals surface area contributed by atoms with E-state index in [4.69, 9.17) is 4.42 Å². The Hall–Kier alpha value is -1.85. The number of piperidine rings is 1. The number of amides is 2. The molecule has 0 bridgehead atoms. The van der Waals surface area contributed by atoms with Crippen molar-refractivity contribution in [2.24, 2.45) is 11.3 Å². The molecule has 3 aliphatic rings. The van der Waals surface area contributed by atoms with Gasteiger partial charge in [-0.2, -0.15) is 0 Å². The number of oxazole rings is 1. The van der Waals surface area contributed by atoms with Crippen LogP contribution in [0.5, 0.6) is 0 Å². The van der Waals surface area contributed by atoms with Gasteiger partial charge in [0.25, 0.3) is 5.91 Å². The van der Waals surface area contributed by atoms with Crippen LogP contribution in [0.15, 0.2) is 10.8 Å². The van der Waals surface area contributed by atoms with E-state index in [1.165, 1.54) is 38.5 Å². The van der Waals surface area contributed by atoms with Gasteiger partial charge in [0.2, 0.25) is 11.7 Å². The van der Waals surface area contributed by atoms with E-state index in [9.17, 15) is 9.59 Å². The van der Waals surface area contributed by atoms with E-state index in [-0.39, 0.29) is 17.2 Å². The van der Waals surface area contributed by atoms with Crippen LogP contribution in [0.1, 0.15) is 67.6 Å². The molecule has 2 amide bonds. The fourth-order valence-electron chi connectivity index (χ4n) is 5.08. The minimum absolute atomic E-state index is 0.130. The van der Waals surface area contributed by atoms with Crippen LogP contribution in [0.4, 0.5) is 0 Å². The first-order chi connectivity index (χ1) is 12.6. The van der Waals surface area contributed by atoms with Crippen molar-refractivity contribution in [3.63, 3.8) is 0 Å². The maximum Gasteiger partial charge on any atom is 0.291 e. The van der Waals surface area contributed by atoms with Crippen molar-refractivity contribution in [3.05, 3.63) is 17.8 Å². The molecule has 1 spiro atoms. The molecule has 1 aromatic rings. The standard InChI is InChI=1S/C20H29N3O3/c1-15-17(26-14-21-15)18(24)23-11-9-20(13-23)8-5-10-22(19(20)25)12-16-6-3-2-4-7-16/h14,16H,2-13H2,1H3. The summed E-state index contributed by atoms with van der Waals surface area (Å²) in [5.74, 6) is 1.12. The second-order valence-electron chi connectivity index (χ2n) is 8.38. The molecule has 2 aliphatic heterocycles. The molecule has 4 rings (SSSR count). The van der Waals surface area contributed by atoms with Gasteiger partial charge in [-0.25, -0.2) is 4.98 Å². The molecule has 1 unspecified atom stereocenters. The van der Waals surface area contributed by atoms with Crippen LogP contribution in [0.2, 0.25) is 0 Å². The Kier molecular flexibility index (Phi) is 4.76. The molecule has 1 atom stereocenters. The number of carbonyl (C=O) groups is 2. The second kappa shape index (κ2) is 7.05. The van der Waals surface area contributed by atoms with Crippen molar-refractivity contribution >= 4 is 11.8 Å². The van der Waals surface area contributed by atoms with Crippen molar-refractivity contribution in [1.82, 2.24) is 14.8 Å². The molecule has 1 saturated carbocycles. The third kappa shape index (κ3) is 3.14. The highest BCUT2D eigenvalue weighted by atomic mass is 16.3. The van der Waals surface area contributed by atoms with Crippen molar-refractivity contribution in [3.8, 4) is 0 Å². The molecule has 3 fully saturated rings. The fraction of sp³-hybridized carbons (Fsp3) is 0.750. The van der Waals surface area contributed by atoms with Crippen LogP contribution in [-0.2, 0) is 4.79 Å². The van der Waals surface area contributed by atoms with Gasteiger partial charge in [-0.05, 0) is 44.9 Å². The lowest BCUT2D eigenvalue weighted by Gasteiger charge is -2.41. The highest BCUT2D eigenvalue weighted by molar-refractivity contribution is 5.94. The van der Waals surface area contributed by atoms with E-state index in [1.54, 1.807) is 11.8 Å². The highest BCUT2D eigenvalue weighted by Crippen LogP contribution is 2.41. The monoisotopic (exact) mass is 359 g/mol. The van der Waals surface area contributed by atoms with Crippen LogP contribution < -0.4 is 0 Å². The van der Waals surface area contributed by atoms with E-state index < -0.39 is 0 Å². The van der Waals surface area contributed by atoms with Gasteiger partial charge in [0.05, 0.1) is 11.1 Å². The molecular weight excluding hydrogens is 330 g/mol. The number of aryl methyl sites for hydroxylation is 1. The van der Waals surface area contributed by atoms with Crippen LogP contribution in [0.25, 0.3) is 0 Å². The fourth-order valence-corrected chi connectivity index (χ4v) is 5.08. The van der Waals surface area contributed by atoms with E-state index >= 15 is 0 Å². The lowest BCUT2D eigenvalue weighted by molar-refractivity contribution is -0.146. The van der Waals surface area contributed by atoms with Crippen molar-refractivity contribution in [1.29, 1.82) is 0 Å². The number of likely N-dealkylation sites (tertiary alicyclic amines) is 2. The minimum atomic E-state index is -0.378. The maximum absolute atomic E-state index is 13.3. The van der Waals surface area contributed by atoms with Crippen molar-refractivity contribution in [2.45, 2.75) is 58.3 Å². The molecular formula is C20H29N3O3. The summed E-state index contributed by atoms with van der Waals surface area (Å²) in [6, 6.07) is 0. The third-order valence-electron chi connectivity index (χ3n) is 6.61. The lowest BCUT2D eigenvalue weighted by Crippen LogP contribution is -2.51. The Bertz CT molecular complexity index is 680. The third-order valence-corrected chi connectivity index (χ3v) is 6.61. The summed E-state index contributed by atoms with van der Waals surface area (Å²) in [5, 5.41) is 0. The average molecular weight is 359 g/mol. The zero-order valence-corrected chi connectivity index (χ0v) is 15.7. The number of rotatable bonds is 3. The predicted molar refractivity (Wildman–Crippen MR) is 96.6 cm³/mol. The van der Waals surface area contributed by atoms with E-state index in [0.717, 1.165) is 32.4 Å². The van der Waals surface area contributed by atoms with Gasteiger partial charge in [-0.3, -0.25) is 9.59 Å². The molecule has 2 saturated heterocycles. The quantitative estimate of drug-likeness (QED) is 0.832. The van der Waals surface area contributed by atoms with Crippen LogP contribution in [-0.4, -0.2) is 52.8 Å². The Balaban J connectivity index is 1.43.